The Kier molecular flexibility index (Phi) is 4.19. The molecule has 2 heterocycles. The number of rotatable bonds is 3. The summed E-state index contributed by atoms with van der Waals surface area (Å²) in [6.45, 7) is 4.77. The van der Waals surface area contributed by atoms with Crippen molar-refractivity contribution < 1.29 is 23.8 Å². The number of carbonyl (C=O) groups excluding carboxylic acids is 2. The summed E-state index contributed by atoms with van der Waals surface area (Å²) in [4.78, 5) is 26.5. The minimum absolute atomic E-state index is 0.00682. The Hall–Kier alpha value is -1.43. The smallest absolute Gasteiger partial charge is 0.302 e. The summed E-state index contributed by atoms with van der Waals surface area (Å²) in [5.74, 6) is -0.732. The molecule has 6 heteroatoms. The van der Waals surface area contributed by atoms with Gasteiger partial charge in [-0.05, 0) is 6.92 Å². The molecule has 0 radical (unpaired) electrons. The van der Waals surface area contributed by atoms with Crippen LogP contribution in [0.15, 0.2) is 4.99 Å². The van der Waals surface area contributed by atoms with Gasteiger partial charge >= 0.3 is 11.9 Å². The molecule has 0 aromatic rings. The molecule has 2 rings (SSSR count). The Bertz CT molecular complexity index is 406. The second kappa shape index (κ2) is 5.69. The largest absolute Gasteiger partial charge is 0.463 e. The normalized spacial score (nSPS) is 33.3. The van der Waals surface area contributed by atoms with Crippen molar-refractivity contribution >= 4 is 17.7 Å². The second-order valence-corrected chi connectivity index (χ2v) is 5.04. The number of esters is 2. The fraction of sp³-hybridized carbons (Fsp3) is 0.769. The molecule has 19 heavy (non-hydrogen) atoms. The van der Waals surface area contributed by atoms with Crippen molar-refractivity contribution in [3.8, 4) is 0 Å². The Morgan fingerprint density at radius 2 is 2.11 bits per heavy atom. The van der Waals surface area contributed by atoms with Crippen molar-refractivity contribution in [1.82, 2.24) is 0 Å². The zero-order valence-corrected chi connectivity index (χ0v) is 11.4. The molecule has 2 aliphatic heterocycles. The van der Waals surface area contributed by atoms with E-state index in [0.29, 0.717) is 6.42 Å². The number of ether oxygens (including phenoxy) is 3. The maximum Gasteiger partial charge on any atom is 0.302 e. The third-order valence-corrected chi connectivity index (χ3v) is 3.32. The van der Waals surface area contributed by atoms with Crippen molar-refractivity contribution in [2.24, 2.45) is 4.99 Å². The molecule has 0 saturated carbocycles. The second-order valence-electron chi connectivity index (χ2n) is 5.04. The highest BCUT2D eigenvalue weighted by atomic mass is 16.6. The molecule has 1 saturated heterocycles. The Morgan fingerprint density at radius 3 is 2.74 bits per heavy atom. The quantitative estimate of drug-likeness (QED) is 0.711. The van der Waals surface area contributed by atoms with E-state index in [2.05, 4.69) is 4.99 Å². The van der Waals surface area contributed by atoms with Gasteiger partial charge in [-0.15, -0.1) is 0 Å². The van der Waals surface area contributed by atoms with E-state index < -0.39 is 12.2 Å². The first kappa shape index (κ1) is 14.0. The number of aliphatic imine (C=N–C) groups is 1. The van der Waals surface area contributed by atoms with Gasteiger partial charge in [0.15, 0.2) is 0 Å². The van der Waals surface area contributed by atoms with E-state index in [1.165, 1.54) is 13.8 Å². The predicted octanol–water partition coefficient (Wildman–Crippen LogP) is 0.872. The van der Waals surface area contributed by atoms with E-state index >= 15 is 0 Å². The van der Waals surface area contributed by atoms with Gasteiger partial charge in [0.05, 0.1) is 12.1 Å². The molecule has 1 fully saturated rings. The average Bonchev–Trinajstić information content (AvgIpc) is 2.64. The number of nitrogens with zero attached hydrogens (tertiary/aromatic N) is 1. The molecule has 0 amide bonds. The standard InChI is InChI=1S/C13H19NO5/c1-7-4-11-10(14-7)5-12(18-9(3)16)13(19-11)6-17-8(2)15/h10-13H,4-6H2,1-3H3/t10-,11-,12+,13-/m1/s1. The lowest BCUT2D eigenvalue weighted by molar-refractivity contribution is -0.181. The van der Waals surface area contributed by atoms with Crippen LogP contribution < -0.4 is 0 Å². The third kappa shape index (κ3) is 3.53. The van der Waals surface area contributed by atoms with E-state index in [1.54, 1.807) is 0 Å². The van der Waals surface area contributed by atoms with Gasteiger partial charge in [-0.1, -0.05) is 0 Å². The molecule has 0 spiro atoms. The van der Waals surface area contributed by atoms with Crippen molar-refractivity contribution in [2.75, 3.05) is 6.61 Å². The van der Waals surface area contributed by atoms with Crippen molar-refractivity contribution in [2.45, 2.75) is 58.0 Å². The fourth-order valence-corrected chi connectivity index (χ4v) is 2.57. The molecule has 0 aromatic carbocycles. The SMILES string of the molecule is CC(=O)OC[C@H]1O[C@@H]2CC(C)=N[C@@H]2C[C@@H]1OC(C)=O. The molecule has 0 N–H and O–H groups in total. The molecule has 0 aromatic heterocycles. The number of fused-ring (bicyclic) bond motifs is 1. The summed E-state index contributed by atoms with van der Waals surface area (Å²) in [5, 5.41) is 0. The summed E-state index contributed by atoms with van der Waals surface area (Å²) in [6.07, 6.45) is 0.594. The molecule has 0 aliphatic carbocycles. The predicted molar refractivity (Wildman–Crippen MR) is 67.0 cm³/mol. The summed E-state index contributed by atoms with van der Waals surface area (Å²) in [6, 6.07) is 0.0397. The Morgan fingerprint density at radius 1 is 1.37 bits per heavy atom. The monoisotopic (exact) mass is 269 g/mol. The number of hydrogen-bond acceptors (Lipinski definition) is 6. The topological polar surface area (TPSA) is 74.2 Å². The van der Waals surface area contributed by atoms with Gasteiger partial charge in [0.1, 0.15) is 18.8 Å². The van der Waals surface area contributed by atoms with Gasteiger partial charge < -0.3 is 14.2 Å². The Balaban J connectivity index is 2.02. The molecule has 4 atom stereocenters. The Labute approximate surface area is 112 Å². The van der Waals surface area contributed by atoms with Gasteiger partial charge in [-0.25, -0.2) is 0 Å². The number of carbonyl (C=O) groups is 2. The van der Waals surface area contributed by atoms with Gasteiger partial charge in [0.25, 0.3) is 0 Å². The summed E-state index contributed by atoms with van der Waals surface area (Å²) in [5.41, 5.74) is 1.05. The highest BCUT2D eigenvalue weighted by Crippen LogP contribution is 2.31. The maximum atomic E-state index is 11.1. The van der Waals surface area contributed by atoms with Gasteiger partial charge in [0, 0.05) is 32.4 Å². The molecular weight excluding hydrogens is 250 g/mol. The lowest BCUT2D eigenvalue weighted by Gasteiger charge is -2.36. The van der Waals surface area contributed by atoms with E-state index in [4.69, 9.17) is 14.2 Å². The van der Waals surface area contributed by atoms with Crippen LogP contribution >= 0.6 is 0 Å². The van der Waals surface area contributed by atoms with Crippen LogP contribution in [0, 0.1) is 0 Å². The van der Waals surface area contributed by atoms with Crippen LogP contribution in [0.5, 0.6) is 0 Å². The molecule has 106 valence electrons. The van der Waals surface area contributed by atoms with E-state index in [-0.39, 0.29) is 30.7 Å². The zero-order valence-electron chi connectivity index (χ0n) is 11.4. The lowest BCUT2D eigenvalue weighted by atomic mass is 9.96. The van der Waals surface area contributed by atoms with Crippen LogP contribution in [-0.2, 0) is 23.8 Å². The first-order valence-corrected chi connectivity index (χ1v) is 6.45. The van der Waals surface area contributed by atoms with Gasteiger partial charge in [0.2, 0.25) is 0 Å². The van der Waals surface area contributed by atoms with E-state index in [9.17, 15) is 9.59 Å². The highest BCUT2D eigenvalue weighted by Gasteiger charge is 2.42. The van der Waals surface area contributed by atoms with Crippen molar-refractivity contribution in [3.05, 3.63) is 0 Å². The molecule has 0 unspecified atom stereocenters. The van der Waals surface area contributed by atoms with Crippen molar-refractivity contribution in [1.29, 1.82) is 0 Å². The fourth-order valence-electron chi connectivity index (χ4n) is 2.57. The first-order chi connectivity index (χ1) is 8.95. The third-order valence-electron chi connectivity index (χ3n) is 3.32. The minimum Gasteiger partial charge on any atom is -0.463 e. The van der Waals surface area contributed by atoms with Gasteiger partial charge in [-0.3, -0.25) is 14.6 Å². The summed E-state index contributed by atoms with van der Waals surface area (Å²) < 4.78 is 16.1. The number of hydrogen-bond donors (Lipinski definition) is 0. The van der Waals surface area contributed by atoms with Crippen LogP contribution in [0.25, 0.3) is 0 Å². The van der Waals surface area contributed by atoms with E-state index in [1.807, 2.05) is 6.92 Å². The van der Waals surface area contributed by atoms with Crippen LogP contribution in [0.2, 0.25) is 0 Å². The zero-order chi connectivity index (χ0) is 14.0. The molecule has 0 bridgehead atoms. The maximum absolute atomic E-state index is 11.1. The van der Waals surface area contributed by atoms with Crippen LogP contribution in [0.3, 0.4) is 0 Å². The summed E-state index contributed by atoms with van der Waals surface area (Å²) in [7, 11) is 0. The van der Waals surface area contributed by atoms with Crippen LogP contribution in [-0.4, -0.2) is 48.6 Å². The van der Waals surface area contributed by atoms with Gasteiger partial charge in [-0.2, -0.15) is 0 Å². The van der Waals surface area contributed by atoms with Crippen molar-refractivity contribution in [3.63, 3.8) is 0 Å². The first-order valence-electron chi connectivity index (χ1n) is 6.45. The lowest BCUT2D eigenvalue weighted by Crippen LogP contribution is -2.48. The average molecular weight is 269 g/mol. The molecule has 6 nitrogen and oxygen atoms in total. The summed E-state index contributed by atoms with van der Waals surface area (Å²) >= 11 is 0. The minimum atomic E-state index is -0.409. The van der Waals surface area contributed by atoms with E-state index in [0.717, 1.165) is 12.1 Å². The van der Waals surface area contributed by atoms with Crippen LogP contribution in [0.4, 0.5) is 0 Å². The molecular formula is C13H19NO5. The van der Waals surface area contributed by atoms with Crippen LogP contribution in [0.1, 0.15) is 33.6 Å². The highest BCUT2D eigenvalue weighted by molar-refractivity contribution is 5.84. The molecule has 2 aliphatic rings.